The van der Waals surface area contributed by atoms with Gasteiger partial charge in [-0.3, -0.25) is 0 Å². The zero-order chi connectivity index (χ0) is 8.54. The van der Waals surface area contributed by atoms with Gasteiger partial charge in [-0.25, -0.2) is 0 Å². The second kappa shape index (κ2) is 2.64. The van der Waals surface area contributed by atoms with Crippen LogP contribution in [0.4, 0.5) is 13.2 Å². The first-order valence-electron chi connectivity index (χ1n) is 3.33. The van der Waals surface area contributed by atoms with Gasteiger partial charge in [0.05, 0.1) is 6.61 Å². The number of hydrogen-bond donors (Lipinski definition) is 1. The Bertz CT molecular complexity index is 139. The van der Waals surface area contributed by atoms with E-state index in [1.165, 1.54) is 0 Å². The molecular weight excluding hydrogens is 161 g/mol. The summed E-state index contributed by atoms with van der Waals surface area (Å²) in [5, 5.41) is 8.35. The van der Waals surface area contributed by atoms with E-state index in [-0.39, 0.29) is 19.4 Å². The van der Waals surface area contributed by atoms with E-state index < -0.39 is 18.4 Å². The van der Waals surface area contributed by atoms with E-state index in [4.69, 9.17) is 5.11 Å². The zero-order valence-corrected chi connectivity index (χ0v) is 5.82. The SMILES string of the molecule is OCCC1(C(F)(F)F)CCO1. The van der Waals surface area contributed by atoms with E-state index in [0.29, 0.717) is 0 Å². The Hall–Kier alpha value is -0.290. The maximum Gasteiger partial charge on any atom is 0.417 e. The molecule has 1 rings (SSSR count). The molecule has 1 aliphatic heterocycles. The van der Waals surface area contributed by atoms with Crippen LogP contribution in [0.2, 0.25) is 0 Å². The van der Waals surface area contributed by atoms with Crippen LogP contribution in [0.25, 0.3) is 0 Å². The summed E-state index contributed by atoms with van der Waals surface area (Å²) in [6, 6.07) is 0. The molecule has 0 aromatic rings. The van der Waals surface area contributed by atoms with E-state index in [0.717, 1.165) is 0 Å². The predicted octanol–water partition coefficient (Wildman–Crippen LogP) is 1.09. The van der Waals surface area contributed by atoms with Gasteiger partial charge in [-0.05, 0) is 0 Å². The number of aliphatic hydroxyl groups excluding tert-OH is 1. The molecule has 0 saturated carbocycles. The van der Waals surface area contributed by atoms with Crippen molar-refractivity contribution in [1.82, 2.24) is 0 Å². The smallest absolute Gasteiger partial charge is 0.396 e. The minimum absolute atomic E-state index is 0.0307. The van der Waals surface area contributed by atoms with Crippen LogP contribution in [0.15, 0.2) is 0 Å². The lowest BCUT2D eigenvalue weighted by Gasteiger charge is -2.42. The Morgan fingerprint density at radius 1 is 1.45 bits per heavy atom. The van der Waals surface area contributed by atoms with Gasteiger partial charge in [0.2, 0.25) is 0 Å². The largest absolute Gasteiger partial charge is 0.417 e. The molecule has 0 radical (unpaired) electrons. The van der Waals surface area contributed by atoms with Crippen molar-refractivity contribution in [3.05, 3.63) is 0 Å². The molecule has 0 aromatic heterocycles. The highest BCUT2D eigenvalue weighted by molar-refractivity contribution is 4.94. The average molecular weight is 170 g/mol. The van der Waals surface area contributed by atoms with Crippen molar-refractivity contribution in [2.24, 2.45) is 0 Å². The number of aliphatic hydroxyl groups is 1. The Morgan fingerprint density at radius 3 is 2.09 bits per heavy atom. The Kier molecular flexibility index (Phi) is 2.11. The van der Waals surface area contributed by atoms with E-state index >= 15 is 0 Å². The number of rotatable bonds is 2. The fraction of sp³-hybridized carbons (Fsp3) is 1.00. The third-order valence-corrected chi connectivity index (χ3v) is 1.92. The third-order valence-electron chi connectivity index (χ3n) is 1.92. The maximum atomic E-state index is 12.1. The molecule has 0 spiro atoms. The molecule has 1 unspecified atom stereocenters. The summed E-state index contributed by atoms with van der Waals surface area (Å²) in [4.78, 5) is 0. The molecule has 1 atom stereocenters. The second-order valence-corrected chi connectivity index (χ2v) is 2.56. The van der Waals surface area contributed by atoms with Crippen LogP contribution in [0.5, 0.6) is 0 Å². The molecule has 1 heterocycles. The normalized spacial score (nSPS) is 31.6. The maximum absolute atomic E-state index is 12.1. The summed E-state index contributed by atoms with van der Waals surface area (Å²) in [7, 11) is 0. The van der Waals surface area contributed by atoms with Gasteiger partial charge in [-0.15, -0.1) is 0 Å². The van der Waals surface area contributed by atoms with Gasteiger partial charge in [0.15, 0.2) is 5.60 Å². The van der Waals surface area contributed by atoms with Crippen LogP contribution >= 0.6 is 0 Å². The highest BCUT2D eigenvalue weighted by Crippen LogP contribution is 2.44. The molecule has 0 amide bonds. The Balaban J connectivity index is 2.60. The quantitative estimate of drug-likeness (QED) is 0.672. The van der Waals surface area contributed by atoms with Gasteiger partial charge in [-0.1, -0.05) is 0 Å². The lowest BCUT2D eigenvalue weighted by Crippen LogP contribution is -2.56. The van der Waals surface area contributed by atoms with Crippen LogP contribution in [0.1, 0.15) is 12.8 Å². The van der Waals surface area contributed by atoms with Crippen molar-refractivity contribution in [2.45, 2.75) is 24.6 Å². The van der Waals surface area contributed by atoms with Gasteiger partial charge >= 0.3 is 6.18 Å². The summed E-state index contributed by atoms with van der Waals surface area (Å²) in [6.07, 6.45) is -4.72. The molecule has 1 aliphatic rings. The van der Waals surface area contributed by atoms with Crippen molar-refractivity contribution in [1.29, 1.82) is 0 Å². The third kappa shape index (κ3) is 1.35. The van der Waals surface area contributed by atoms with E-state index in [9.17, 15) is 13.2 Å². The molecule has 5 heteroatoms. The van der Waals surface area contributed by atoms with Crippen molar-refractivity contribution >= 4 is 0 Å². The van der Waals surface area contributed by atoms with E-state index in [2.05, 4.69) is 4.74 Å². The van der Waals surface area contributed by atoms with Gasteiger partial charge in [0, 0.05) is 19.4 Å². The first kappa shape index (κ1) is 8.80. The second-order valence-electron chi connectivity index (χ2n) is 2.56. The van der Waals surface area contributed by atoms with Crippen LogP contribution in [-0.2, 0) is 4.74 Å². The average Bonchev–Trinajstić information content (AvgIpc) is 1.75. The Labute approximate surface area is 62.0 Å². The van der Waals surface area contributed by atoms with Gasteiger partial charge in [0.25, 0.3) is 0 Å². The monoisotopic (exact) mass is 170 g/mol. The molecule has 0 aromatic carbocycles. The fourth-order valence-electron chi connectivity index (χ4n) is 1.09. The van der Waals surface area contributed by atoms with Crippen molar-refractivity contribution < 1.29 is 23.0 Å². The summed E-state index contributed by atoms with van der Waals surface area (Å²) in [6.45, 7) is -0.348. The summed E-state index contributed by atoms with van der Waals surface area (Å²) >= 11 is 0. The molecule has 66 valence electrons. The number of hydrogen-bond acceptors (Lipinski definition) is 2. The van der Waals surface area contributed by atoms with Crippen molar-refractivity contribution in [2.75, 3.05) is 13.2 Å². The first-order valence-corrected chi connectivity index (χ1v) is 3.33. The topological polar surface area (TPSA) is 29.5 Å². The predicted molar refractivity (Wildman–Crippen MR) is 31.1 cm³/mol. The molecule has 0 bridgehead atoms. The Morgan fingerprint density at radius 2 is 2.00 bits per heavy atom. The van der Waals surface area contributed by atoms with Crippen LogP contribution in [-0.4, -0.2) is 30.1 Å². The number of alkyl halides is 3. The lowest BCUT2D eigenvalue weighted by atomic mass is 9.91. The fourth-order valence-corrected chi connectivity index (χ4v) is 1.09. The highest BCUT2D eigenvalue weighted by Gasteiger charge is 2.59. The lowest BCUT2D eigenvalue weighted by molar-refractivity contribution is -0.329. The van der Waals surface area contributed by atoms with Crippen LogP contribution in [0.3, 0.4) is 0 Å². The van der Waals surface area contributed by atoms with Gasteiger partial charge in [-0.2, -0.15) is 13.2 Å². The van der Waals surface area contributed by atoms with Crippen molar-refractivity contribution in [3.8, 4) is 0 Å². The number of halogens is 3. The van der Waals surface area contributed by atoms with E-state index in [1.807, 2.05) is 0 Å². The highest BCUT2D eigenvalue weighted by atomic mass is 19.4. The van der Waals surface area contributed by atoms with Crippen molar-refractivity contribution in [3.63, 3.8) is 0 Å². The van der Waals surface area contributed by atoms with E-state index in [1.54, 1.807) is 0 Å². The first-order chi connectivity index (χ1) is 5.02. The molecule has 2 nitrogen and oxygen atoms in total. The number of ether oxygens (including phenoxy) is 1. The summed E-state index contributed by atoms with van der Waals surface area (Å²) in [5.74, 6) is 0. The van der Waals surface area contributed by atoms with Gasteiger partial charge < -0.3 is 9.84 Å². The summed E-state index contributed by atoms with van der Waals surface area (Å²) < 4.78 is 40.8. The minimum Gasteiger partial charge on any atom is -0.396 e. The summed E-state index contributed by atoms with van der Waals surface area (Å²) in [5.41, 5.74) is -2.04. The molecular formula is C6H9F3O2. The standard InChI is InChI=1S/C6H9F3O2/c7-6(8,9)5(1-3-10)2-4-11-5/h10H,1-4H2. The zero-order valence-electron chi connectivity index (χ0n) is 5.82. The van der Waals surface area contributed by atoms with Gasteiger partial charge in [0.1, 0.15) is 0 Å². The molecule has 1 saturated heterocycles. The molecule has 0 aliphatic carbocycles. The van der Waals surface area contributed by atoms with Crippen LogP contribution in [0, 0.1) is 0 Å². The molecule has 1 N–H and O–H groups in total. The minimum atomic E-state index is -4.34. The molecule has 11 heavy (non-hydrogen) atoms. The van der Waals surface area contributed by atoms with Crippen LogP contribution < -0.4 is 0 Å². The molecule has 1 fully saturated rings.